The maximum Gasteiger partial charge on any atom is 0.151 e. The van der Waals surface area contributed by atoms with Gasteiger partial charge in [0.15, 0.2) is 6.17 Å². The van der Waals surface area contributed by atoms with Gasteiger partial charge in [-0.3, -0.25) is 4.99 Å². The molecule has 0 N–H and O–H groups in total. The van der Waals surface area contributed by atoms with E-state index in [-0.39, 0.29) is 0 Å². The summed E-state index contributed by atoms with van der Waals surface area (Å²) >= 11 is 1.54. The fourth-order valence-electron chi connectivity index (χ4n) is 2.95. The number of aliphatic imine (C=N–C) groups is 1. The van der Waals surface area contributed by atoms with E-state index in [1.807, 2.05) is 55.1 Å². The van der Waals surface area contributed by atoms with Crippen LogP contribution in [0.2, 0.25) is 0 Å². The number of alkyl halides is 1. The molecule has 0 saturated carbocycles. The van der Waals surface area contributed by atoms with Crippen molar-refractivity contribution in [3.8, 4) is 0 Å². The SMILES string of the molecule is Cc1ccc2cc(C3=NC(C)(C)C(F)c4ccsc43)cnn12. The molecule has 1 atom stereocenters. The highest BCUT2D eigenvalue weighted by Gasteiger charge is 2.38. The molecule has 3 aromatic heterocycles. The molecule has 5 heteroatoms. The second-order valence-electron chi connectivity index (χ2n) is 6.24. The predicted octanol–water partition coefficient (Wildman–Crippen LogP) is 4.34. The zero-order chi connectivity index (χ0) is 15.5. The fraction of sp³-hybridized carbons (Fsp3) is 0.294. The molecular formula is C17H16FN3S. The van der Waals surface area contributed by atoms with Gasteiger partial charge in [-0.2, -0.15) is 5.10 Å². The van der Waals surface area contributed by atoms with Crippen LogP contribution < -0.4 is 0 Å². The number of nitrogens with zero attached hydrogens (tertiary/aromatic N) is 3. The number of hydrogen-bond acceptors (Lipinski definition) is 3. The Bertz CT molecular complexity index is 904. The van der Waals surface area contributed by atoms with Crippen molar-refractivity contribution >= 4 is 22.6 Å². The van der Waals surface area contributed by atoms with Crippen molar-refractivity contribution in [2.45, 2.75) is 32.5 Å². The molecule has 0 radical (unpaired) electrons. The lowest BCUT2D eigenvalue weighted by Crippen LogP contribution is -2.31. The van der Waals surface area contributed by atoms with Gasteiger partial charge in [-0.05, 0) is 50.4 Å². The first kappa shape index (κ1) is 13.6. The van der Waals surface area contributed by atoms with Gasteiger partial charge >= 0.3 is 0 Å². The van der Waals surface area contributed by atoms with E-state index < -0.39 is 11.7 Å². The van der Waals surface area contributed by atoms with Crippen LogP contribution in [0.1, 0.15) is 41.7 Å². The number of fused-ring (bicyclic) bond motifs is 2. The minimum absolute atomic E-state index is 0.742. The zero-order valence-corrected chi connectivity index (χ0v) is 13.5. The molecule has 3 nitrogen and oxygen atoms in total. The third-order valence-corrected chi connectivity index (χ3v) is 5.10. The van der Waals surface area contributed by atoms with Crippen LogP contribution in [-0.4, -0.2) is 20.9 Å². The minimum atomic E-state index is -1.07. The van der Waals surface area contributed by atoms with E-state index in [4.69, 9.17) is 4.99 Å². The number of thiophene rings is 1. The Kier molecular flexibility index (Phi) is 2.78. The Hall–Kier alpha value is -2.01. The second kappa shape index (κ2) is 4.49. The van der Waals surface area contributed by atoms with Gasteiger partial charge in [0.2, 0.25) is 0 Å². The van der Waals surface area contributed by atoms with E-state index in [1.165, 1.54) is 11.3 Å². The highest BCUT2D eigenvalue weighted by molar-refractivity contribution is 7.12. The van der Waals surface area contributed by atoms with E-state index in [2.05, 4.69) is 11.2 Å². The summed E-state index contributed by atoms with van der Waals surface area (Å²) in [6.45, 7) is 5.70. The number of rotatable bonds is 1. The molecular weight excluding hydrogens is 297 g/mol. The molecule has 0 saturated heterocycles. The monoisotopic (exact) mass is 313 g/mol. The third kappa shape index (κ3) is 1.85. The van der Waals surface area contributed by atoms with Crippen molar-refractivity contribution in [2.75, 3.05) is 0 Å². The number of aryl methyl sites for hydroxylation is 1. The predicted molar refractivity (Wildman–Crippen MR) is 87.8 cm³/mol. The topological polar surface area (TPSA) is 29.7 Å². The van der Waals surface area contributed by atoms with Crippen molar-refractivity contribution in [3.63, 3.8) is 0 Å². The fourth-order valence-corrected chi connectivity index (χ4v) is 3.88. The van der Waals surface area contributed by atoms with Gasteiger partial charge < -0.3 is 0 Å². The van der Waals surface area contributed by atoms with Crippen molar-refractivity contribution in [3.05, 3.63) is 57.5 Å². The van der Waals surface area contributed by atoms with Crippen LogP contribution in [-0.2, 0) is 0 Å². The molecule has 4 heterocycles. The smallest absolute Gasteiger partial charge is 0.151 e. The van der Waals surface area contributed by atoms with Crippen molar-refractivity contribution in [2.24, 2.45) is 4.99 Å². The molecule has 1 aliphatic heterocycles. The first-order chi connectivity index (χ1) is 10.5. The average molecular weight is 313 g/mol. The van der Waals surface area contributed by atoms with E-state index >= 15 is 0 Å². The minimum Gasteiger partial charge on any atom is -0.274 e. The van der Waals surface area contributed by atoms with Gasteiger partial charge in [-0.15, -0.1) is 11.3 Å². The first-order valence-corrected chi connectivity index (χ1v) is 8.12. The Morgan fingerprint density at radius 2 is 2.09 bits per heavy atom. The molecule has 112 valence electrons. The Morgan fingerprint density at radius 3 is 2.91 bits per heavy atom. The average Bonchev–Trinajstić information content (AvgIpc) is 3.10. The molecule has 1 aliphatic rings. The number of halogens is 1. The van der Waals surface area contributed by atoms with E-state index in [0.717, 1.165) is 32.9 Å². The Balaban J connectivity index is 1.93. The van der Waals surface area contributed by atoms with Gasteiger partial charge in [-0.25, -0.2) is 8.91 Å². The Morgan fingerprint density at radius 1 is 1.27 bits per heavy atom. The van der Waals surface area contributed by atoms with E-state index in [0.29, 0.717) is 0 Å². The Labute approximate surface area is 132 Å². The molecule has 22 heavy (non-hydrogen) atoms. The quantitative estimate of drug-likeness (QED) is 0.657. The summed E-state index contributed by atoms with van der Waals surface area (Å²) in [6.07, 6.45) is 0.751. The summed E-state index contributed by atoms with van der Waals surface area (Å²) in [6, 6.07) is 8.01. The largest absolute Gasteiger partial charge is 0.274 e. The summed E-state index contributed by atoms with van der Waals surface area (Å²) in [5.74, 6) is 0. The summed E-state index contributed by atoms with van der Waals surface area (Å²) in [7, 11) is 0. The van der Waals surface area contributed by atoms with Crippen molar-refractivity contribution < 1.29 is 4.39 Å². The number of aromatic nitrogens is 2. The van der Waals surface area contributed by atoms with E-state index in [1.54, 1.807) is 0 Å². The maximum absolute atomic E-state index is 14.6. The normalized spacial score (nSPS) is 20.0. The molecule has 0 spiro atoms. The lowest BCUT2D eigenvalue weighted by molar-refractivity contribution is 0.222. The van der Waals surface area contributed by atoms with Gasteiger partial charge in [0.25, 0.3) is 0 Å². The third-order valence-electron chi connectivity index (χ3n) is 4.17. The van der Waals surface area contributed by atoms with Crippen LogP contribution in [0.15, 0.2) is 40.8 Å². The molecule has 3 aromatic rings. The molecule has 1 unspecified atom stereocenters. The van der Waals surface area contributed by atoms with Crippen molar-refractivity contribution in [1.82, 2.24) is 9.61 Å². The number of hydrogen-bond donors (Lipinski definition) is 0. The molecule has 4 rings (SSSR count). The molecule has 0 aromatic carbocycles. The van der Waals surface area contributed by atoms with Gasteiger partial charge in [-0.1, -0.05) is 0 Å². The van der Waals surface area contributed by atoms with Gasteiger partial charge in [0.1, 0.15) is 0 Å². The van der Waals surface area contributed by atoms with Crippen LogP contribution >= 0.6 is 11.3 Å². The maximum atomic E-state index is 14.6. The zero-order valence-electron chi connectivity index (χ0n) is 12.7. The van der Waals surface area contributed by atoms with Crippen LogP contribution in [0, 0.1) is 6.92 Å². The second-order valence-corrected chi connectivity index (χ2v) is 7.15. The summed E-state index contributed by atoms with van der Waals surface area (Å²) < 4.78 is 16.5. The highest BCUT2D eigenvalue weighted by atomic mass is 32.1. The standard InChI is InChI=1S/C17H16FN3S/c1-10-4-5-12-8-11(9-19-21(10)12)14-15-13(6-7-22-15)16(18)17(2,3)20-14/h4-9,16H,1-3H3. The molecule has 0 amide bonds. The van der Waals surface area contributed by atoms with Gasteiger partial charge in [0, 0.05) is 16.8 Å². The molecule has 0 bridgehead atoms. The highest BCUT2D eigenvalue weighted by Crippen LogP contribution is 2.42. The molecule has 0 fully saturated rings. The van der Waals surface area contributed by atoms with Crippen LogP contribution in [0.5, 0.6) is 0 Å². The van der Waals surface area contributed by atoms with Gasteiger partial charge in [0.05, 0.1) is 27.8 Å². The first-order valence-electron chi connectivity index (χ1n) is 7.24. The van der Waals surface area contributed by atoms with Crippen LogP contribution in [0.4, 0.5) is 4.39 Å². The lowest BCUT2D eigenvalue weighted by atomic mass is 9.88. The van der Waals surface area contributed by atoms with Crippen LogP contribution in [0.3, 0.4) is 0 Å². The van der Waals surface area contributed by atoms with Crippen LogP contribution in [0.25, 0.3) is 5.52 Å². The van der Waals surface area contributed by atoms with Crippen molar-refractivity contribution in [1.29, 1.82) is 0 Å². The lowest BCUT2D eigenvalue weighted by Gasteiger charge is -2.30. The summed E-state index contributed by atoms with van der Waals surface area (Å²) in [5.41, 5.74) is 3.88. The van der Waals surface area contributed by atoms with E-state index in [9.17, 15) is 4.39 Å². The summed E-state index contributed by atoms with van der Waals surface area (Å²) in [4.78, 5) is 5.61. The summed E-state index contributed by atoms with van der Waals surface area (Å²) in [5, 5.41) is 6.42. The molecule has 0 aliphatic carbocycles.